The van der Waals surface area contributed by atoms with Gasteiger partial charge in [0.25, 0.3) is 0 Å². The van der Waals surface area contributed by atoms with Gasteiger partial charge in [-0.05, 0) is 40.4 Å². The number of hydrogen-bond acceptors (Lipinski definition) is 4. The van der Waals surface area contributed by atoms with Gasteiger partial charge in [-0.15, -0.1) is 0 Å². The summed E-state index contributed by atoms with van der Waals surface area (Å²) in [6.45, 7) is 2.66. The Bertz CT molecular complexity index is 487. The molecule has 0 aliphatic carbocycles. The molecule has 2 rings (SSSR count). The smallest absolute Gasteiger partial charge is 0.195 e. The topological polar surface area (TPSA) is 44.8 Å². The van der Waals surface area contributed by atoms with E-state index in [4.69, 9.17) is 14.2 Å². The Hall–Kier alpha value is -1.07. The summed E-state index contributed by atoms with van der Waals surface area (Å²) in [6.07, 6.45) is 0.520. The fourth-order valence-corrected chi connectivity index (χ4v) is 2.72. The van der Waals surface area contributed by atoms with Crippen molar-refractivity contribution in [2.24, 2.45) is 5.92 Å². The molecule has 1 saturated heterocycles. The van der Waals surface area contributed by atoms with E-state index in [9.17, 15) is 4.79 Å². The maximum Gasteiger partial charge on any atom is 0.195 e. The van der Waals surface area contributed by atoms with Crippen LogP contribution in [0.1, 0.15) is 23.7 Å². The van der Waals surface area contributed by atoms with Gasteiger partial charge in [-0.1, -0.05) is 6.92 Å². The van der Waals surface area contributed by atoms with Crippen LogP contribution in [0.5, 0.6) is 11.5 Å². The van der Waals surface area contributed by atoms with E-state index in [1.807, 2.05) is 6.92 Å². The van der Waals surface area contributed by atoms with Crippen molar-refractivity contribution in [3.05, 3.63) is 22.2 Å². The van der Waals surface area contributed by atoms with Crippen LogP contribution in [0, 0.1) is 5.92 Å². The zero-order chi connectivity index (χ0) is 14.0. The number of hydrogen-bond donors (Lipinski definition) is 0. The number of ether oxygens (including phenoxy) is 3. The lowest BCUT2D eigenvalue weighted by Gasteiger charge is -2.16. The van der Waals surface area contributed by atoms with E-state index in [2.05, 4.69) is 15.9 Å². The molecule has 0 N–H and O–H groups in total. The third kappa shape index (κ3) is 2.77. The third-order valence-corrected chi connectivity index (χ3v) is 4.00. The van der Waals surface area contributed by atoms with E-state index < -0.39 is 0 Å². The van der Waals surface area contributed by atoms with E-state index in [1.54, 1.807) is 26.4 Å². The maximum absolute atomic E-state index is 12.5. The number of methoxy groups -OCH3 is 2. The molecule has 5 heteroatoms. The van der Waals surface area contributed by atoms with E-state index in [-0.39, 0.29) is 17.8 Å². The number of carbonyl (C=O) groups excluding carboxylic acids is 1. The summed E-state index contributed by atoms with van der Waals surface area (Å²) in [5.74, 6) is 1.31. The first-order valence-corrected chi connectivity index (χ1v) is 6.95. The number of halogens is 1. The molecule has 2 atom stereocenters. The van der Waals surface area contributed by atoms with Crippen molar-refractivity contribution < 1.29 is 19.0 Å². The fraction of sp³-hybridized carbons (Fsp3) is 0.500. The van der Waals surface area contributed by atoms with Crippen LogP contribution in [-0.2, 0) is 4.74 Å². The third-order valence-electron chi connectivity index (χ3n) is 3.39. The molecule has 2 unspecified atom stereocenters. The van der Waals surface area contributed by atoms with Gasteiger partial charge in [-0.3, -0.25) is 4.79 Å². The standard InChI is InChI=1S/C14H17BrO4/c1-8-4-5-19-14(8)13(16)9-6-12(18-3)10(15)7-11(9)17-2/h6-8,14H,4-5H2,1-3H3. The molecule has 0 saturated carbocycles. The first-order valence-electron chi connectivity index (χ1n) is 6.15. The zero-order valence-corrected chi connectivity index (χ0v) is 12.8. The van der Waals surface area contributed by atoms with E-state index in [1.165, 1.54) is 0 Å². The SMILES string of the molecule is COc1cc(C(=O)C2OCCC2C)c(OC)cc1Br. The van der Waals surface area contributed by atoms with Crippen LogP contribution in [0.25, 0.3) is 0 Å². The summed E-state index contributed by atoms with van der Waals surface area (Å²) in [6, 6.07) is 3.44. The van der Waals surface area contributed by atoms with Gasteiger partial charge in [0.05, 0.1) is 24.3 Å². The highest BCUT2D eigenvalue weighted by molar-refractivity contribution is 9.10. The lowest BCUT2D eigenvalue weighted by Crippen LogP contribution is -2.25. The van der Waals surface area contributed by atoms with Crippen molar-refractivity contribution in [3.63, 3.8) is 0 Å². The lowest BCUT2D eigenvalue weighted by molar-refractivity contribution is 0.0576. The predicted molar refractivity (Wildman–Crippen MR) is 75.1 cm³/mol. The average molecular weight is 329 g/mol. The second kappa shape index (κ2) is 5.92. The summed E-state index contributed by atoms with van der Waals surface area (Å²) in [4.78, 5) is 12.5. The first-order chi connectivity index (χ1) is 9.08. The minimum Gasteiger partial charge on any atom is -0.496 e. The van der Waals surface area contributed by atoms with Crippen molar-refractivity contribution in [2.75, 3.05) is 20.8 Å². The molecule has 0 bridgehead atoms. The van der Waals surface area contributed by atoms with Crippen molar-refractivity contribution in [2.45, 2.75) is 19.4 Å². The van der Waals surface area contributed by atoms with Crippen LogP contribution >= 0.6 is 15.9 Å². The normalized spacial score (nSPS) is 22.3. The Labute approximate surface area is 121 Å². The molecule has 0 aromatic heterocycles. The van der Waals surface area contributed by atoms with Gasteiger partial charge in [0.1, 0.15) is 17.6 Å². The summed E-state index contributed by atoms with van der Waals surface area (Å²) >= 11 is 3.38. The van der Waals surface area contributed by atoms with E-state index in [0.717, 1.165) is 10.9 Å². The molecule has 0 spiro atoms. The Morgan fingerprint density at radius 2 is 2.00 bits per heavy atom. The lowest BCUT2D eigenvalue weighted by atomic mass is 9.95. The van der Waals surface area contributed by atoms with Crippen molar-refractivity contribution in [3.8, 4) is 11.5 Å². The molecular weight excluding hydrogens is 312 g/mol. The molecule has 1 fully saturated rings. The molecule has 1 heterocycles. The molecule has 104 valence electrons. The molecule has 1 aromatic rings. The average Bonchev–Trinajstić information content (AvgIpc) is 2.83. The number of Topliss-reactive ketones (excluding diaryl/α,β-unsaturated/α-hetero) is 1. The molecule has 1 aliphatic heterocycles. The van der Waals surface area contributed by atoms with Gasteiger partial charge in [0.15, 0.2) is 5.78 Å². The minimum absolute atomic E-state index is 0.0485. The van der Waals surface area contributed by atoms with Gasteiger partial charge >= 0.3 is 0 Å². The van der Waals surface area contributed by atoms with Gasteiger partial charge in [-0.2, -0.15) is 0 Å². The number of rotatable bonds is 4. The quantitative estimate of drug-likeness (QED) is 0.797. The summed E-state index contributed by atoms with van der Waals surface area (Å²) in [5.41, 5.74) is 0.501. The highest BCUT2D eigenvalue weighted by atomic mass is 79.9. The molecular formula is C14H17BrO4. The number of benzene rings is 1. The monoisotopic (exact) mass is 328 g/mol. The maximum atomic E-state index is 12.5. The Balaban J connectivity index is 2.39. The summed E-state index contributed by atoms with van der Waals surface area (Å²) in [5, 5.41) is 0. The predicted octanol–water partition coefficient (Wildman–Crippen LogP) is 3.07. The summed E-state index contributed by atoms with van der Waals surface area (Å²) in [7, 11) is 3.11. The molecule has 0 radical (unpaired) electrons. The Morgan fingerprint density at radius 3 is 2.53 bits per heavy atom. The van der Waals surface area contributed by atoms with Gasteiger partial charge in [0.2, 0.25) is 0 Å². The number of ketones is 1. The molecule has 1 aliphatic rings. The van der Waals surface area contributed by atoms with Crippen LogP contribution in [0.2, 0.25) is 0 Å². The second-order valence-corrected chi connectivity index (χ2v) is 5.46. The van der Waals surface area contributed by atoms with Crippen LogP contribution in [0.3, 0.4) is 0 Å². The molecule has 0 amide bonds. The number of carbonyl (C=O) groups is 1. The largest absolute Gasteiger partial charge is 0.496 e. The van der Waals surface area contributed by atoms with E-state index in [0.29, 0.717) is 23.7 Å². The minimum atomic E-state index is -0.389. The molecule has 19 heavy (non-hydrogen) atoms. The van der Waals surface area contributed by atoms with E-state index >= 15 is 0 Å². The van der Waals surface area contributed by atoms with Crippen LogP contribution in [0.15, 0.2) is 16.6 Å². The van der Waals surface area contributed by atoms with Gasteiger partial charge in [0, 0.05) is 6.61 Å². The highest BCUT2D eigenvalue weighted by Crippen LogP contribution is 2.35. The molecule has 1 aromatic carbocycles. The molecule has 4 nitrogen and oxygen atoms in total. The fourth-order valence-electron chi connectivity index (χ4n) is 2.24. The van der Waals surface area contributed by atoms with Crippen LogP contribution in [0.4, 0.5) is 0 Å². The van der Waals surface area contributed by atoms with Gasteiger partial charge in [-0.25, -0.2) is 0 Å². The first kappa shape index (κ1) is 14.3. The highest BCUT2D eigenvalue weighted by Gasteiger charge is 2.33. The van der Waals surface area contributed by atoms with Crippen molar-refractivity contribution in [1.82, 2.24) is 0 Å². The van der Waals surface area contributed by atoms with Crippen LogP contribution < -0.4 is 9.47 Å². The Morgan fingerprint density at radius 1 is 1.32 bits per heavy atom. The zero-order valence-electron chi connectivity index (χ0n) is 11.2. The second-order valence-electron chi connectivity index (χ2n) is 4.61. The Kier molecular flexibility index (Phi) is 4.47. The van der Waals surface area contributed by atoms with Crippen molar-refractivity contribution in [1.29, 1.82) is 0 Å². The van der Waals surface area contributed by atoms with Crippen LogP contribution in [-0.4, -0.2) is 32.7 Å². The van der Waals surface area contributed by atoms with Crippen molar-refractivity contribution >= 4 is 21.7 Å². The van der Waals surface area contributed by atoms with Gasteiger partial charge < -0.3 is 14.2 Å². The summed E-state index contributed by atoms with van der Waals surface area (Å²) < 4.78 is 16.8.